The van der Waals surface area contributed by atoms with Crippen molar-refractivity contribution in [2.24, 2.45) is 5.16 Å². The van der Waals surface area contributed by atoms with Crippen molar-refractivity contribution in [2.75, 3.05) is 6.54 Å². The predicted octanol–water partition coefficient (Wildman–Crippen LogP) is 4.20. The first kappa shape index (κ1) is 20.1. The minimum Gasteiger partial charge on any atom is -0.411 e. The van der Waals surface area contributed by atoms with Gasteiger partial charge in [-0.2, -0.15) is 0 Å². The van der Waals surface area contributed by atoms with E-state index in [1.54, 1.807) is 73.4 Å². The Morgan fingerprint density at radius 3 is 2.04 bits per heavy atom. The van der Waals surface area contributed by atoms with Gasteiger partial charge in [-0.15, -0.1) is 6.58 Å². The van der Waals surface area contributed by atoms with Crippen LogP contribution in [-0.2, 0) is 0 Å². The van der Waals surface area contributed by atoms with Gasteiger partial charge in [0, 0.05) is 17.7 Å². The third kappa shape index (κ3) is 4.70. The Kier molecular flexibility index (Phi) is 6.66. The van der Waals surface area contributed by atoms with Crippen molar-refractivity contribution in [1.29, 1.82) is 0 Å². The normalized spacial score (nSPS) is 11.7. The first-order valence-corrected chi connectivity index (χ1v) is 8.69. The number of carbonyl (C=O) groups excluding carboxylic acids is 2. The Labute approximate surface area is 159 Å². The Bertz CT molecular complexity index is 827. The summed E-state index contributed by atoms with van der Waals surface area (Å²) >= 11 is 0. The molecule has 0 radical (unpaired) electrons. The van der Waals surface area contributed by atoms with E-state index in [1.165, 1.54) is 0 Å². The number of nitrogens with zero attached hydrogens (tertiary/aromatic N) is 2. The second kappa shape index (κ2) is 8.94. The third-order valence-corrected chi connectivity index (χ3v) is 4.50. The highest BCUT2D eigenvalue weighted by Crippen LogP contribution is 2.23. The minimum absolute atomic E-state index is 0.0940. The maximum atomic E-state index is 13.0. The molecule has 2 rings (SSSR count). The molecule has 27 heavy (non-hydrogen) atoms. The number of oxime groups is 1. The summed E-state index contributed by atoms with van der Waals surface area (Å²) in [4.78, 5) is 27.1. The van der Waals surface area contributed by atoms with Gasteiger partial charge in [-0.25, -0.2) is 0 Å². The van der Waals surface area contributed by atoms with Gasteiger partial charge in [-0.3, -0.25) is 9.59 Å². The summed E-state index contributed by atoms with van der Waals surface area (Å²) in [6, 6.07) is 17.6. The summed E-state index contributed by atoms with van der Waals surface area (Å²) in [5.41, 5.74) is 0.265. The van der Waals surface area contributed by atoms with E-state index in [9.17, 15) is 14.8 Å². The topological polar surface area (TPSA) is 70.0 Å². The van der Waals surface area contributed by atoms with Gasteiger partial charge in [-0.1, -0.05) is 59.8 Å². The van der Waals surface area contributed by atoms with Crippen molar-refractivity contribution in [3.63, 3.8) is 0 Å². The molecule has 140 valence electrons. The molecule has 2 aromatic rings. The predicted molar refractivity (Wildman–Crippen MR) is 106 cm³/mol. The Morgan fingerprint density at radius 1 is 1.04 bits per heavy atom. The van der Waals surface area contributed by atoms with Crippen molar-refractivity contribution < 1.29 is 14.8 Å². The SMILES string of the molecule is C=CCN(C(=O)c1ccccc1)C(C)(C)C(CC(=O)c1ccccc1)=NO. The largest absolute Gasteiger partial charge is 0.411 e. The number of hydrogen-bond acceptors (Lipinski definition) is 4. The summed E-state index contributed by atoms with van der Waals surface area (Å²) in [6.07, 6.45) is 1.51. The maximum absolute atomic E-state index is 13.0. The van der Waals surface area contributed by atoms with Crippen LogP contribution < -0.4 is 0 Å². The fourth-order valence-corrected chi connectivity index (χ4v) is 2.84. The Hall–Kier alpha value is -3.21. The standard InChI is InChI=1S/C22H24N2O3/c1-4-15-24(21(26)18-13-9-6-10-14-18)22(2,3)20(23-27)16-19(25)17-11-7-5-8-12-17/h4-14,27H,1,15-16H2,2-3H3. The lowest BCUT2D eigenvalue weighted by atomic mass is 9.89. The first-order valence-electron chi connectivity index (χ1n) is 8.69. The van der Waals surface area contributed by atoms with Crippen LogP contribution in [0.5, 0.6) is 0 Å². The second-order valence-corrected chi connectivity index (χ2v) is 6.64. The van der Waals surface area contributed by atoms with E-state index in [0.29, 0.717) is 11.1 Å². The van der Waals surface area contributed by atoms with Crippen molar-refractivity contribution in [3.8, 4) is 0 Å². The van der Waals surface area contributed by atoms with Crippen LogP contribution in [0.3, 0.4) is 0 Å². The molecule has 0 fully saturated rings. The van der Waals surface area contributed by atoms with Crippen molar-refractivity contribution in [1.82, 2.24) is 4.90 Å². The van der Waals surface area contributed by atoms with Gasteiger partial charge in [0.2, 0.25) is 0 Å². The molecule has 0 saturated carbocycles. The second-order valence-electron chi connectivity index (χ2n) is 6.64. The van der Waals surface area contributed by atoms with Gasteiger partial charge in [0.15, 0.2) is 5.78 Å². The summed E-state index contributed by atoms with van der Waals surface area (Å²) < 4.78 is 0. The first-order chi connectivity index (χ1) is 12.9. The lowest BCUT2D eigenvalue weighted by Gasteiger charge is -2.38. The molecule has 0 aromatic heterocycles. The van der Waals surface area contributed by atoms with E-state index in [2.05, 4.69) is 11.7 Å². The molecule has 0 aliphatic rings. The minimum atomic E-state index is -0.986. The average molecular weight is 364 g/mol. The molecule has 2 aromatic carbocycles. The molecule has 0 unspecified atom stereocenters. The highest BCUT2D eigenvalue weighted by molar-refractivity contribution is 6.13. The van der Waals surface area contributed by atoms with Gasteiger partial charge < -0.3 is 10.1 Å². The molecular weight excluding hydrogens is 340 g/mol. The molecule has 0 heterocycles. The highest BCUT2D eigenvalue weighted by Gasteiger charge is 2.37. The number of rotatable bonds is 8. The van der Waals surface area contributed by atoms with Crippen LogP contribution in [0.25, 0.3) is 0 Å². The maximum Gasteiger partial charge on any atom is 0.254 e. The smallest absolute Gasteiger partial charge is 0.254 e. The van der Waals surface area contributed by atoms with Gasteiger partial charge in [0.25, 0.3) is 5.91 Å². The highest BCUT2D eigenvalue weighted by atomic mass is 16.4. The number of benzene rings is 2. The molecule has 0 aliphatic carbocycles. The van der Waals surface area contributed by atoms with Crippen LogP contribution in [-0.4, -0.2) is 39.6 Å². The molecule has 0 atom stereocenters. The molecule has 1 amide bonds. The monoisotopic (exact) mass is 364 g/mol. The molecule has 0 aliphatic heterocycles. The number of ketones is 1. The summed E-state index contributed by atoms with van der Waals surface area (Å²) in [5.74, 6) is -0.406. The zero-order chi connectivity index (χ0) is 19.9. The van der Waals surface area contributed by atoms with Crippen LogP contribution in [0.1, 0.15) is 41.0 Å². The van der Waals surface area contributed by atoms with Crippen LogP contribution in [0.2, 0.25) is 0 Å². The van der Waals surface area contributed by atoms with E-state index < -0.39 is 5.54 Å². The van der Waals surface area contributed by atoms with Crippen LogP contribution in [0.15, 0.2) is 78.5 Å². The molecule has 0 bridgehead atoms. The Balaban J connectivity index is 2.31. The van der Waals surface area contributed by atoms with Gasteiger partial charge >= 0.3 is 0 Å². The molecule has 0 spiro atoms. The van der Waals surface area contributed by atoms with E-state index in [1.807, 2.05) is 12.1 Å². The summed E-state index contributed by atoms with van der Waals surface area (Å²) in [7, 11) is 0. The Morgan fingerprint density at radius 2 is 1.56 bits per heavy atom. The molecule has 1 N–H and O–H groups in total. The van der Waals surface area contributed by atoms with Crippen molar-refractivity contribution in [3.05, 3.63) is 84.4 Å². The average Bonchev–Trinajstić information content (AvgIpc) is 2.70. The lowest BCUT2D eigenvalue weighted by molar-refractivity contribution is 0.0668. The van der Waals surface area contributed by atoms with E-state index in [-0.39, 0.29) is 30.4 Å². The lowest BCUT2D eigenvalue weighted by Crippen LogP contribution is -2.53. The van der Waals surface area contributed by atoms with Crippen LogP contribution in [0.4, 0.5) is 0 Å². The third-order valence-electron chi connectivity index (χ3n) is 4.50. The number of hydrogen-bond donors (Lipinski definition) is 1. The molecule has 0 saturated heterocycles. The quantitative estimate of drug-likeness (QED) is 0.251. The van der Waals surface area contributed by atoms with E-state index in [4.69, 9.17) is 0 Å². The van der Waals surface area contributed by atoms with Gasteiger partial charge in [0.05, 0.1) is 17.7 Å². The fraction of sp³-hybridized carbons (Fsp3) is 0.227. The number of amides is 1. The fourth-order valence-electron chi connectivity index (χ4n) is 2.84. The summed E-state index contributed by atoms with van der Waals surface area (Å²) in [6.45, 7) is 7.48. The van der Waals surface area contributed by atoms with Gasteiger partial charge in [-0.05, 0) is 26.0 Å². The van der Waals surface area contributed by atoms with Crippen molar-refractivity contribution in [2.45, 2.75) is 25.8 Å². The molecule has 5 heteroatoms. The van der Waals surface area contributed by atoms with E-state index in [0.717, 1.165) is 0 Å². The zero-order valence-electron chi connectivity index (χ0n) is 15.6. The van der Waals surface area contributed by atoms with Crippen molar-refractivity contribution >= 4 is 17.4 Å². The summed E-state index contributed by atoms with van der Waals surface area (Å²) in [5, 5.41) is 13.0. The van der Waals surface area contributed by atoms with Gasteiger partial charge in [0.1, 0.15) is 0 Å². The number of Topliss-reactive ketones (excluding diaryl/α,β-unsaturated/α-hetero) is 1. The number of carbonyl (C=O) groups is 2. The zero-order valence-corrected chi connectivity index (χ0v) is 15.6. The molecule has 5 nitrogen and oxygen atoms in total. The van der Waals surface area contributed by atoms with E-state index >= 15 is 0 Å². The molecular formula is C22H24N2O3. The van der Waals surface area contributed by atoms with Crippen LogP contribution >= 0.6 is 0 Å². The van der Waals surface area contributed by atoms with Crippen LogP contribution in [0, 0.1) is 0 Å².